The fourth-order valence-corrected chi connectivity index (χ4v) is 1.57. The predicted octanol–water partition coefficient (Wildman–Crippen LogP) is 3.52. The van der Waals surface area contributed by atoms with Crippen LogP contribution in [0.4, 0.5) is 0 Å². The van der Waals surface area contributed by atoms with Crippen LogP contribution in [-0.4, -0.2) is 6.10 Å². The van der Waals surface area contributed by atoms with Crippen LogP contribution in [0.25, 0.3) is 6.08 Å². The highest BCUT2D eigenvalue weighted by atomic mass is 35.5. The van der Waals surface area contributed by atoms with Crippen molar-refractivity contribution in [2.75, 3.05) is 0 Å². The molecule has 0 bridgehead atoms. The monoisotopic (exact) mass is 194 g/mol. The SMILES string of the molecule is CC1=Cc2cc(Cl)ccc2OC1C. The molecule has 0 aromatic heterocycles. The van der Waals surface area contributed by atoms with Crippen LogP contribution in [0.1, 0.15) is 19.4 Å². The molecule has 1 aliphatic heterocycles. The molecule has 68 valence electrons. The quantitative estimate of drug-likeness (QED) is 0.614. The zero-order valence-electron chi connectivity index (χ0n) is 7.67. The van der Waals surface area contributed by atoms with E-state index in [1.807, 2.05) is 25.1 Å². The maximum absolute atomic E-state index is 5.88. The topological polar surface area (TPSA) is 9.23 Å². The summed E-state index contributed by atoms with van der Waals surface area (Å²) in [6, 6.07) is 5.69. The van der Waals surface area contributed by atoms with Gasteiger partial charge in [-0.2, -0.15) is 0 Å². The smallest absolute Gasteiger partial charge is 0.127 e. The van der Waals surface area contributed by atoms with Crippen LogP contribution in [-0.2, 0) is 0 Å². The molecule has 1 nitrogen and oxygen atoms in total. The molecule has 2 heteroatoms. The van der Waals surface area contributed by atoms with Crippen molar-refractivity contribution in [1.29, 1.82) is 0 Å². The molecular formula is C11H11ClO. The Morgan fingerprint density at radius 2 is 2.15 bits per heavy atom. The molecule has 2 rings (SSSR count). The van der Waals surface area contributed by atoms with Gasteiger partial charge in [0.15, 0.2) is 0 Å². The molecule has 1 heterocycles. The molecule has 13 heavy (non-hydrogen) atoms. The third kappa shape index (κ3) is 1.56. The molecule has 0 fully saturated rings. The van der Waals surface area contributed by atoms with Gasteiger partial charge >= 0.3 is 0 Å². The van der Waals surface area contributed by atoms with E-state index in [-0.39, 0.29) is 6.10 Å². The molecule has 0 radical (unpaired) electrons. The summed E-state index contributed by atoms with van der Waals surface area (Å²) in [5.41, 5.74) is 2.30. The van der Waals surface area contributed by atoms with Crippen LogP contribution in [0, 0.1) is 0 Å². The minimum absolute atomic E-state index is 0.175. The Morgan fingerprint density at radius 1 is 1.38 bits per heavy atom. The highest BCUT2D eigenvalue weighted by Gasteiger charge is 2.15. The van der Waals surface area contributed by atoms with Gasteiger partial charge in [0.2, 0.25) is 0 Å². The molecule has 1 unspecified atom stereocenters. The van der Waals surface area contributed by atoms with E-state index in [2.05, 4.69) is 13.0 Å². The Balaban J connectivity index is 2.51. The molecule has 1 aliphatic rings. The summed E-state index contributed by atoms with van der Waals surface area (Å²) in [6.45, 7) is 4.11. The zero-order chi connectivity index (χ0) is 9.42. The van der Waals surface area contributed by atoms with Crippen molar-refractivity contribution in [3.63, 3.8) is 0 Å². The number of hydrogen-bond acceptors (Lipinski definition) is 1. The molecule has 0 aliphatic carbocycles. The average molecular weight is 195 g/mol. The fraction of sp³-hybridized carbons (Fsp3) is 0.273. The second-order valence-corrected chi connectivity index (χ2v) is 3.77. The van der Waals surface area contributed by atoms with Gasteiger partial charge in [0.1, 0.15) is 11.9 Å². The predicted molar refractivity (Wildman–Crippen MR) is 55.2 cm³/mol. The zero-order valence-corrected chi connectivity index (χ0v) is 8.43. The molecule has 0 amide bonds. The first-order chi connectivity index (χ1) is 6.16. The lowest BCUT2D eigenvalue weighted by Crippen LogP contribution is -2.16. The summed E-state index contributed by atoms with van der Waals surface area (Å²) in [6.07, 6.45) is 2.30. The van der Waals surface area contributed by atoms with E-state index in [1.54, 1.807) is 0 Å². The Kier molecular flexibility index (Phi) is 2.04. The fourth-order valence-electron chi connectivity index (χ4n) is 1.39. The Bertz CT molecular complexity index is 368. The first kappa shape index (κ1) is 8.64. The summed E-state index contributed by atoms with van der Waals surface area (Å²) in [7, 11) is 0. The summed E-state index contributed by atoms with van der Waals surface area (Å²) >= 11 is 5.88. The van der Waals surface area contributed by atoms with Gasteiger partial charge in [0.05, 0.1) is 0 Å². The molecule has 0 saturated heterocycles. The Hall–Kier alpha value is -0.950. The molecule has 1 aromatic carbocycles. The number of fused-ring (bicyclic) bond motifs is 1. The summed E-state index contributed by atoms with van der Waals surface area (Å²) in [5.74, 6) is 0.919. The molecule has 0 N–H and O–H groups in total. The van der Waals surface area contributed by atoms with Crippen LogP contribution in [0.15, 0.2) is 23.8 Å². The van der Waals surface area contributed by atoms with Crippen LogP contribution >= 0.6 is 11.6 Å². The van der Waals surface area contributed by atoms with Crippen molar-refractivity contribution in [2.45, 2.75) is 20.0 Å². The van der Waals surface area contributed by atoms with Gasteiger partial charge in [0, 0.05) is 10.6 Å². The van der Waals surface area contributed by atoms with Gasteiger partial charge in [-0.05, 0) is 43.7 Å². The first-order valence-corrected chi connectivity index (χ1v) is 4.69. The van der Waals surface area contributed by atoms with Crippen LogP contribution in [0.2, 0.25) is 5.02 Å². The summed E-state index contributed by atoms with van der Waals surface area (Å²) in [4.78, 5) is 0. The number of ether oxygens (including phenoxy) is 1. The highest BCUT2D eigenvalue weighted by Crippen LogP contribution is 2.31. The second-order valence-electron chi connectivity index (χ2n) is 3.33. The lowest BCUT2D eigenvalue weighted by atomic mass is 10.0. The van der Waals surface area contributed by atoms with E-state index in [1.165, 1.54) is 5.57 Å². The number of rotatable bonds is 0. The maximum atomic E-state index is 5.88. The van der Waals surface area contributed by atoms with E-state index in [0.717, 1.165) is 16.3 Å². The minimum atomic E-state index is 0.175. The lowest BCUT2D eigenvalue weighted by Gasteiger charge is -2.22. The lowest BCUT2D eigenvalue weighted by molar-refractivity contribution is 0.253. The van der Waals surface area contributed by atoms with Crippen molar-refractivity contribution in [2.24, 2.45) is 0 Å². The largest absolute Gasteiger partial charge is 0.486 e. The third-order valence-corrected chi connectivity index (χ3v) is 2.54. The van der Waals surface area contributed by atoms with Gasteiger partial charge in [-0.1, -0.05) is 11.6 Å². The molecule has 1 aromatic rings. The first-order valence-electron chi connectivity index (χ1n) is 4.31. The Labute approximate surface area is 83.0 Å². The van der Waals surface area contributed by atoms with Crippen molar-refractivity contribution >= 4 is 17.7 Å². The average Bonchev–Trinajstić information content (AvgIpc) is 2.08. The summed E-state index contributed by atoms with van der Waals surface area (Å²) in [5, 5.41) is 0.751. The van der Waals surface area contributed by atoms with E-state index >= 15 is 0 Å². The van der Waals surface area contributed by atoms with Gasteiger partial charge in [-0.25, -0.2) is 0 Å². The van der Waals surface area contributed by atoms with Gasteiger partial charge in [0.25, 0.3) is 0 Å². The van der Waals surface area contributed by atoms with Crippen LogP contribution in [0.5, 0.6) is 5.75 Å². The Morgan fingerprint density at radius 3 is 2.92 bits per heavy atom. The molecule has 1 atom stereocenters. The van der Waals surface area contributed by atoms with Gasteiger partial charge in [-0.15, -0.1) is 0 Å². The summed E-state index contributed by atoms with van der Waals surface area (Å²) < 4.78 is 5.67. The molecular weight excluding hydrogens is 184 g/mol. The van der Waals surface area contributed by atoms with Gasteiger partial charge in [-0.3, -0.25) is 0 Å². The number of hydrogen-bond donors (Lipinski definition) is 0. The van der Waals surface area contributed by atoms with Crippen LogP contribution in [0.3, 0.4) is 0 Å². The van der Waals surface area contributed by atoms with E-state index in [4.69, 9.17) is 16.3 Å². The molecule has 0 saturated carbocycles. The second kappa shape index (κ2) is 3.08. The van der Waals surface area contributed by atoms with Gasteiger partial charge < -0.3 is 4.74 Å². The van der Waals surface area contributed by atoms with E-state index in [9.17, 15) is 0 Å². The van der Waals surface area contributed by atoms with Crippen molar-refractivity contribution in [1.82, 2.24) is 0 Å². The minimum Gasteiger partial charge on any atom is -0.486 e. The highest BCUT2D eigenvalue weighted by molar-refractivity contribution is 6.30. The molecule has 0 spiro atoms. The normalized spacial score (nSPS) is 20.2. The van der Waals surface area contributed by atoms with Crippen LogP contribution < -0.4 is 4.74 Å². The van der Waals surface area contributed by atoms with Crippen molar-refractivity contribution in [3.8, 4) is 5.75 Å². The third-order valence-electron chi connectivity index (χ3n) is 2.30. The van der Waals surface area contributed by atoms with E-state index in [0.29, 0.717) is 0 Å². The standard InChI is InChI=1S/C11H11ClO/c1-7-5-9-6-10(12)3-4-11(9)13-8(7)2/h3-6,8H,1-2H3. The van der Waals surface area contributed by atoms with Crippen molar-refractivity contribution in [3.05, 3.63) is 34.4 Å². The van der Waals surface area contributed by atoms with Crippen molar-refractivity contribution < 1.29 is 4.74 Å². The number of halogens is 1. The van der Waals surface area contributed by atoms with E-state index < -0.39 is 0 Å². The number of benzene rings is 1. The maximum Gasteiger partial charge on any atom is 0.127 e.